The Morgan fingerprint density at radius 2 is 1.61 bits per heavy atom. The van der Waals surface area contributed by atoms with Gasteiger partial charge in [0, 0.05) is 19.5 Å². The first kappa shape index (κ1) is 23.5. The number of hydrogen-bond acceptors (Lipinski definition) is 3. The molecule has 9 heteroatoms. The third-order valence-corrected chi connectivity index (χ3v) is 3.86. The lowest BCUT2D eigenvalue weighted by Gasteiger charge is -2.20. The maximum absolute atomic E-state index is 13.4. The zero-order valence-electron chi connectivity index (χ0n) is 14.8. The van der Waals surface area contributed by atoms with Crippen molar-refractivity contribution in [3.8, 4) is 0 Å². The highest BCUT2D eigenvalue weighted by atomic mass is 35.5. The minimum Gasteiger partial charge on any atom is -0.351 e. The number of rotatable bonds is 7. The van der Waals surface area contributed by atoms with Crippen molar-refractivity contribution in [2.75, 3.05) is 18.4 Å². The van der Waals surface area contributed by atoms with Crippen LogP contribution in [0.15, 0.2) is 54.6 Å². The topological polar surface area (TPSA) is 84.2 Å². The molecule has 0 saturated heterocycles. The molecule has 0 aliphatic carbocycles. The SMILES string of the molecule is Cl.NCCNC(=O)c1ccccc1NC(=O)CC(c1ccccc1)C(F)(F)F. The van der Waals surface area contributed by atoms with E-state index in [0.29, 0.717) is 0 Å². The number of nitrogens with two attached hydrogens (primary N) is 1. The molecule has 0 aliphatic heterocycles. The van der Waals surface area contributed by atoms with Crippen molar-refractivity contribution in [2.45, 2.75) is 18.5 Å². The second-order valence-electron chi connectivity index (χ2n) is 5.85. The quantitative estimate of drug-likeness (QED) is 0.647. The number of nitrogens with one attached hydrogen (secondary N) is 2. The third-order valence-electron chi connectivity index (χ3n) is 3.86. The number of alkyl halides is 3. The van der Waals surface area contributed by atoms with E-state index in [1.165, 1.54) is 36.4 Å². The maximum atomic E-state index is 13.4. The summed E-state index contributed by atoms with van der Waals surface area (Å²) in [5, 5.41) is 4.97. The lowest BCUT2D eigenvalue weighted by atomic mass is 9.94. The van der Waals surface area contributed by atoms with Gasteiger partial charge in [0.25, 0.3) is 5.91 Å². The van der Waals surface area contributed by atoms with Crippen molar-refractivity contribution in [2.24, 2.45) is 5.73 Å². The van der Waals surface area contributed by atoms with Crippen LogP contribution in [-0.2, 0) is 4.79 Å². The van der Waals surface area contributed by atoms with Crippen molar-refractivity contribution in [1.82, 2.24) is 5.32 Å². The van der Waals surface area contributed by atoms with Crippen LogP contribution in [0.5, 0.6) is 0 Å². The first-order chi connectivity index (χ1) is 12.8. The predicted molar refractivity (Wildman–Crippen MR) is 104 cm³/mol. The standard InChI is InChI=1S/C19H20F3N3O2.ClH/c20-19(21,22)15(13-6-2-1-3-7-13)12-17(26)25-16-9-5-4-8-14(16)18(27)24-11-10-23;/h1-9,15H,10-12,23H2,(H,24,27)(H,25,26);1H. The molecule has 1 unspecified atom stereocenters. The molecule has 0 aliphatic rings. The van der Waals surface area contributed by atoms with Gasteiger partial charge in [0.2, 0.25) is 5.91 Å². The smallest absolute Gasteiger partial charge is 0.351 e. The first-order valence-electron chi connectivity index (χ1n) is 8.31. The van der Waals surface area contributed by atoms with Crippen molar-refractivity contribution in [3.63, 3.8) is 0 Å². The van der Waals surface area contributed by atoms with Crippen LogP contribution in [0.4, 0.5) is 18.9 Å². The summed E-state index contributed by atoms with van der Waals surface area (Å²) in [6.07, 6.45) is -5.36. The van der Waals surface area contributed by atoms with Gasteiger partial charge >= 0.3 is 6.18 Å². The van der Waals surface area contributed by atoms with Crippen molar-refractivity contribution in [3.05, 3.63) is 65.7 Å². The second kappa shape index (κ2) is 10.7. The Hall–Kier alpha value is -2.58. The molecule has 4 N–H and O–H groups in total. The molecule has 0 saturated carbocycles. The Balaban J connectivity index is 0.00000392. The number of anilines is 1. The molecule has 1 atom stereocenters. The zero-order valence-corrected chi connectivity index (χ0v) is 15.6. The van der Waals surface area contributed by atoms with Crippen LogP contribution in [0.2, 0.25) is 0 Å². The van der Waals surface area contributed by atoms with Gasteiger partial charge in [0.1, 0.15) is 0 Å². The summed E-state index contributed by atoms with van der Waals surface area (Å²) < 4.78 is 40.2. The summed E-state index contributed by atoms with van der Waals surface area (Å²) in [7, 11) is 0. The summed E-state index contributed by atoms with van der Waals surface area (Å²) in [5.74, 6) is -3.23. The highest BCUT2D eigenvalue weighted by Gasteiger charge is 2.41. The average molecular weight is 416 g/mol. The number of carbonyl (C=O) groups excluding carboxylic acids is 2. The van der Waals surface area contributed by atoms with Crippen LogP contribution in [0, 0.1) is 0 Å². The van der Waals surface area contributed by atoms with Crippen LogP contribution in [0.3, 0.4) is 0 Å². The molecule has 28 heavy (non-hydrogen) atoms. The molecule has 5 nitrogen and oxygen atoms in total. The summed E-state index contributed by atoms with van der Waals surface area (Å²) >= 11 is 0. The Bertz CT molecular complexity index is 785. The second-order valence-corrected chi connectivity index (χ2v) is 5.85. The fourth-order valence-electron chi connectivity index (χ4n) is 2.57. The highest BCUT2D eigenvalue weighted by Crippen LogP contribution is 2.37. The molecule has 2 amide bonds. The molecule has 0 heterocycles. The Labute approximate surface area is 166 Å². The molecule has 0 fully saturated rings. The van der Waals surface area contributed by atoms with E-state index in [1.54, 1.807) is 18.2 Å². The molecule has 0 spiro atoms. The maximum Gasteiger partial charge on any atom is 0.396 e. The molecule has 2 aromatic carbocycles. The molecule has 2 rings (SSSR count). The molecular weight excluding hydrogens is 395 g/mol. The van der Waals surface area contributed by atoms with Crippen molar-refractivity contribution >= 4 is 29.9 Å². The van der Waals surface area contributed by atoms with Crippen LogP contribution < -0.4 is 16.4 Å². The van der Waals surface area contributed by atoms with E-state index in [0.717, 1.165) is 0 Å². The van der Waals surface area contributed by atoms with Crippen LogP contribution in [0.25, 0.3) is 0 Å². The number of halogens is 4. The number of carbonyl (C=O) groups is 2. The number of amides is 2. The Kier molecular flexibility index (Phi) is 8.94. The van der Waals surface area contributed by atoms with E-state index in [-0.39, 0.29) is 42.3 Å². The summed E-state index contributed by atoms with van der Waals surface area (Å²) in [4.78, 5) is 24.4. The van der Waals surface area contributed by atoms with Gasteiger partial charge in [-0.25, -0.2) is 0 Å². The van der Waals surface area contributed by atoms with Gasteiger partial charge < -0.3 is 16.4 Å². The lowest BCUT2D eigenvalue weighted by molar-refractivity contribution is -0.155. The van der Waals surface area contributed by atoms with Crippen LogP contribution in [0.1, 0.15) is 28.3 Å². The minimum absolute atomic E-state index is 0. The minimum atomic E-state index is -4.57. The lowest BCUT2D eigenvalue weighted by Crippen LogP contribution is -2.30. The van der Waals surface area contributed by atoms with Crippen molar-refractivity contribution in [1.29, 1.82) is 0 Å². The van der Waals surface area contributed by atoms with Gasteiger partial charge in [0.15, 0.2) is 0 Å². The average Bonchev–Trinajstić information content (AvgIpc) is 2.64. The van der Waals surface area contributed by atoms with E-state index in [1.807, 2.05) is 0 Å². The highest BCUT2D eigenvalue weighted by molar-refractivity contribution is 6.03. The van der Waals surface area contributed by atoms with Gasteiger partial charge in [-0.15, -0.1) is 12.4 Å². The van der Waals surface area contributed by atoms with Gasteiger partial charge in [-0.05, 0) is 17.7 Å². The summed E-state index contributed by atoms with van der Waals surface area (Å²) in [5.41, 5.74) is 5.64. The normalized spacial score (nSPS) is 11.9. The first-order valence-corrected chi connectivity index (χ1v) is 8.31. The van der Waals surface area contributed by atoms with E-state index in [4.69, 9.17) is 5.73 Å². The molecule has 2 aromatic rings. The largest absolute Gasteiger partial charge is 0.396 e. The predicted octanol–water partition coefficient (Wildman–Crippen LogP) is 3.47. The fraction of sp³-hybridized carbons (Fsp3) is 0.263. The zero-order chi connectivity index (χ0) is 19.9. The van der Waals surface area contributed by atoms with Gasteiger partial charge in [-0.3, -0.25) is 9.59 Å². The number of benzene rings is 2. The molecule has 0 aromatic heterocycles. The summed E-state index contributed by atoms with van der Waals surface area (Å²) in [6, 6.07) is 13.3. The van der Waals surface area contributed by atoms with Crippen LogP contribution in [-0.4, -0.2) is 31.1 Å². The van der Waals surface area contributed by atoms with Crippen LogP contribution >= 0.6 is 12.4 Å². The molecule has 0 bridgehead atoms. The van der Waals surface area contributed by atoms with E-state index in [9.17, 15) is 22.8 Å². The van der Waals surface area contributed by atoms with E-state index >= 15 is 0 Å². The van der Waals surface area contributed by atoms with E-state index in [2.05, 4.69) is 10.6 Å². The van der Waals surface area contributed by atoms with E-state index < -0.39 is 30.3 Å². The molecule has 152 valence electrons. The summed E-state index contributed by atoms with van der Waals surface area (Å²) in [6.45, 7) is 0.482. The monoisotopic (exact) mass is 415 g/mol. The fourth-order valence-corrected chi connectivity index (χ4v) is 2.57. The molecular formula is C19H21ClF3N3O2. The Morgan fingerprint density at radius 3 is 2.21 bits per heavy atom. The van der Waals surface area contributed by atoms with Crippen molar-refractivity contribution < 1.29 is 22.8 Å². The Morgan fingerprint density at radius 1 is 1.00 bits per heavy atom. The molecule has 0 radical (unpaired) electrons. The van der Waals surface area contributed by atoms with Gasteiger partial charge in [-0.2, -0.15) is 13.2 Å². The number of hydrogen-bond donors (Lipinski definition) is 3. The van der Waals surface area contributed by atoms with Gasteiger partial charge in [0.05, 0.1) is 17.2 Å². The number of para-hydroxylation sites is 1. The third kappa shape index (κ3) is 6.54. The van der Waals surface area contributed by atoms with Gasteiger partial charge in [-0.1, -0.05) is 42.5 Å².